The van der Waals surface area contributed by atoms with E-state index in [4.69, 9.17) is 23.2 Å². The lowest BCUT2D eigenvalue weighted by Crippen LogP contribution is -2.14. The van der Waals surface area contributed by atoms with Gasteiger partial charge < -0.3 is 5.32 Å². The van der Waals surface area contributed by atoms with E-state index in [0.717, 1.165) is 5.56 Å². The first kappa shape index (κ1) is 15.3. The molecule has 0 aliphatic heterocycles. The summed E-state index contributed by atoms with van der Waals surface area (Å²) in [4.78, 5) is 22.5. The van der Waals surface area contributed by atoms with Crippen molar-refractivity contribution in [1.82, 2.24) is 0 Å². The number of nitro groups is 1. The third-order valence-corrected chi connectivity index (χ3v) is 3.28. The van der Waals surface area contributed by atoms with Crippen LogP contribution in [0.15, 0.2) is 42.5 Å². The van der Waals surface area contributed by atoms with E-state index in [2.05, 4.69) is 5.32 Å². The number of nitro benzene ring substituents is 1. The second-order valence-corrected chi connectivity index (χ2v) is 4.91. The van der Waals surface area contributed by atoms with Gasteiger partial charge in [-0.3, -0.25) is 14.9 Å². The van der Waals surface area contributed by atoms with E-state index in [0.29, 0.717) is 11.6 Å². The first-order valence-electron chi connectivity index (χ1n) is 5.91. The number of nitrogens with one attached hydrogen (secondary N) is 1. The number of hydrogen-bond donors (Lipinski definition) is 1. The number of carbonyl (C=O) groups excluding carboxylic acids is 1. The lowest BCUT2D eigenvalue weighted by atomic mass is 10.1. The molecule has 0 aromatic heterocycles. The van der Waals surface area contributed by atoms with E-state index in [1.165, 1.54) is 18.2 Å². The van der Waals surface area contributed by atoms with Crippen LogP contribution < -0.4 is 5.32 Å². The lowest BCUT2D eigenvalue weighted by molar-refractivity contribution is -0.385. The minimum atomic E-state index is -0.625. The van der Waals surface area contributed by atoms with E-state index in [1.54, 1.807) is 18.2 Å². The SMILES string of the molecule is O=C(Nc1cccc(CCl)c1)c1cc(Cl)ccc1[N+](=O)[O-]. The Balaban J connectivity index is 2.31. The second kappa shape index (κ2) is 6.56. The highest BCUT2D eigenvalue weighted by atomic mass is 35.5. The third kappa shape index (κ3) is 3.71. The Bertz CT molecular complexity index is 704. The van der Waals surface area contributed by atoms with Gasteiger partial charge in [-0.1, -0.05) is 23.7 Å². The number of benzene rings is 2. The molecule has 2 rings (SSSR count). The van der Waals surface area contributed by atoms with Gasteiger partial charge in [-0.25, -0.2) is 0 Å². The molecule has 0 bridgehead atoms. The summed E-state index contributed by atoms with van der Waals surface area (Å²) in [5, 5.41) is 13.8. The zero-order chi connectivity index (χ0) is 15.4. The van der Waals surface area contributed by atoms with Crippen LogP contribution in [0.3, 0.4) is 0 Å². The Kier molecular flexibility index (Phi) is 4.77. The van der Waals surface area contributed by atoms with Gasteiger partial charge in [0.1, 0.15) is 5.56 Å². The number of amides is 1. The summed E-state index contributed by atoms with van der Waals surface area (Å²) in [6.07, 6.45) is 0. The van der Waals surface area contributed by atoms with Crippen LogP contribution in [0.2, 0.25) is 5.02 Å². The Morgan fingerprint density at radius 2 is 2.00 bits per heavy atom. The quantitative estimate of drug-likeness (QED) is 0.519. The van der Waals surface area contributed by atoms with Gasteiger partial charge in [-0.05, 0) is 29.8 Å². The molecule has 0 fully saturated rings. The Hall–Kier alpha value is -2.11. The number of anilines is 1. The third-order valence-electron chi connectivity index (χ3n) is 2.74. The van der Waals surface area contributed by atoms with Crippen molar-refractivity contribution in [3.8, 4) is 0 Å². The number of nitrogens with zero attached hydrogens (tertiary/aromatic N) is 1. The van der Waals surface area contributed by atoms with Crippen LogP contribution in [0, 0.1) is 10.1 Å². The first-order valence-corrected chi connectivity index (χ1v) is 6.82. The predicted molar refractivity (Wildman–Crippen MR) is 82.1 cm³/mol. The second-order valence-electron chi connectivity index (χ2n) is 4.21. The topological polar surface area (TPSA) is 72.2 Å². The van der Waals surface area contributed by atoms with Crippen LogP contribution in [-0.4, -0.2) is 10.8 Å². The van der Waals surface area contributed by atoms with Crippen LogP contribution in [0.25, 0.3) is 0 Å². The summed E-state index contributed by atoms with van der Waals surface area (Å²) in [6.45, 7) is 0. The molecule has 0 spiro atoms. The van der Waals surface area contributed by atoms with Gasteiger partial charge >= 0.3 is 0 Å². The normalized spacial score (nSPS) is 10.2. The molecule has 21 heavy (non-hydrogen) atoms. The maximum atomic E-state index is 12.2. The highest BCUT2D eigenvalue weighted by molar-refractivity contribution is 6.31. The van der Waals surface area contributed by atoms with Gasteiger partial charge in [-0.2, -0.15) is 0 Å². The molecular weight excluding hydrogens is 315 g/mol. The van der Waals surface area contributed by atoms with Crippen molar-refractivity contribution in [3.63, 3.8) is 0 Å². The number of halogens is 2. The summed E-state index contributed by atoms with van der Waals surface area (Å²) in [5.74, 6) is -0.294. The van der Waals surface area contributed by atoms with Gasteiger partial charge in [-0.15, -0.1) is 11.6 Å². The van der Waals surface area contributed by atoms with E-state index in [9.17, 15) is 14.9 Å². The zero-order valence-corrected chi connectivity index (χ0v) is 12.2. The fourth-order valence-corrected chi connectivity index (χ4v) is 2.12. The van der Waals surface area contributed by atoms with E-state index in [-0.39, 0.29) is 16.3 Å². The Labute approximate surface area is 130 Å². The monoisotopic (exact) mass is 324 g/mol. The Morgan fingerprint density at radius 3 is 2.67 bits per heavy atom. The van der Waals surface area contributed by atoms with Gasteiger partial charge in [0.2, 0.25) is 0 Å². The molecule has 2 aromatic carbocycles. The van der Waals surface area contributed by atoms with Crippen LogP contribution in [0.1, 0.15) is 15.9 Å². The highest BCUT2D eigenvalue weighted by Gasteiger charge is 2.20. The molecule has 0 unspecified atom stereocenters. The molecule has 0 atom stereocenters. The molecule has 0 aliphatic carbocycles. The fourth-order valence-electron chi connectivity index (χ4n) is 1.78. The van der Waals surface area contributed by atoms with Crippen molar-refractivity contribution in [3.05, 3.63) is 68.7 Å². The van der Waals surface area contributed by atoms with E-state index in [1.807, 2.05) is 6.07 Å². The highest BCUT2D eigenvalue weighted by Crippen LogP contribution is 2.24. The van der Waals surface area contributed by atoms with E-state index < -0.39 is 10.8 Å². The first-order chi connectivity index (χ1) is 10.0. The van der Waals surface area contributed by atoms with Gasteiger partial charge in [0, 0.05) is 22.7 Å². The summed E-state index contributed by atoms with van der Waals surface area (Å²) >= 11 is 11.5. The molecule has 2 aromatic rings. The zero-order valence-electron chi connectivity index (χ0n) is 10.7. The summed E-state index contributed by atoms with van der Waals surface area (Å²) in [7, 11) is 0. The maximum absolute atomic E-state index is 12.2. The summed E-state index contributed by atoms with van der Waals surface area (Å²) in [6, 6.07) is 10.7. The molecule has 0 heterocycles. The van der Waals surface area contributed by atoms with Crippen molar-refractivity contribution < 1.29 is 9.72 Å². The molecule has 5 nitrogen and oxygen atoms in total. The molecule has 1 amide bonds. The van der Waals surface area contributed by atoms with Crippen LogP contribution in [0.5, 0.6) is 0 Å². The molecule has 7 heteroatoms. The number of carbonyl (C=O) groups is 1. The molecule has 0 radical (unpaired) electrons. The number of alkyl halides is 1. The fraction of sp³-hybridized carbons (Fsp3) is 0.0714. The molecule has 0 saturated heterocycles. The number of rotatable bonds is 4. The van der Waals surface area contributed by atoms with Gasteiger partial charge in [0.15, 0.2) is 0 Å². The number of hydrogen-bond acceptors (Lipinski definition) is 3. The van der Waals surface area contributed by atoms with Crippen molar-refractivity contribution >= 4 is 40.5 Å². The smallest absolute Gasteiger partial charge is 0.282 e. The molecule has 0 saturated carbocycles. The van der Waals surface area contributed by atoms with Crippen LogP contribution in [-0.2, 0) is 5.88 Å². The average Bonchev–Trinajstić information content (AvgIpc) is 2.47. The van der Waals surface area contributed by atoms with Gasteiger partial charge in [0.05, 0.1) is 4.92 Å². The summed E-state index contributed by atoms with van der Waals surface area (Å²) in [5.41, 5.74) is 0.941. The summed E-state index contributed by atoms with van der Waals surface area (Å²) < 4.78 is 0. The van der Waals surface area contributed by atoms with Gasteiger partial charge in [0.25, 0.3) is 11.6 Å². The van der Waals surface area contributed by atoms with Crippen LogP contribution >= 0.6 is 23.2 Å². The largest absolute Gasteiger partial charge is 0.322 e. The molecular formula is C14H10Cl2N2O3. The van der Waals surface area contributed by atoms with Crippen molar-refractivity contribution in [2.24, 2.45) is 0 Å². The predicted octanol–water partition coefficient (Wildman–Crippen LogP) is 4.24. The minimum Gasteiger partial charge on any atom is -0.322 e. The average molecular weight is 325 g/mol. The Morgan fingerprint density at radius 1 is 1.24 bits per heavy atom. The standard InChI is InChI=1S/C14H10Cl2N2O3/c15-8-9-2-1-3-11(6-9)17-14(19)12-7-10(16)4-5-13(12)18(20)21/h1-7H,8H2,(H,17,19). The van der Waals surface area contributed by atoms with Crippen molar-refractivity contribution in [2.75, 3.05) is 5.32 Å². The molecule has 0 aliphatic rings. The van der Waals surface area contributed by atoms with E-state index >= 15 is 0 Å². The van der Waals surface area contributed by atoms with Crippen LogP contribution in [0.4, 0.5) is 11.4 Å². The minimum absolute atomic E-state index is 0.0937. The van der Waals surface area contributed by atoms with Crippen molar-refractivity contribution in [2.45, 2.75) is 5.88 Å². The maximum Gasteiger partial charge on any atom is 0.282 e. The molecule has 1 N–H and O–H groups in total. The van der Waals surface area contributed by atoms with Crippen molar-refractivity contribution in [1.29, 1.82) is 0 Å². The lowest BCUT2D eigenvalue weighted by Gasteiger charge is -2.07. The molecule has 108 valence electrons.